The molecule has 2 rings (SSSR count). The highest BCUT2D eigenvalue weighted by molar-refractivity contribution is 5.84. The van der Waals surface area contributed by atoms with Crippen LogP contribution in [0.2, 0.25) is 0 Å². The molecule has 4 heteroatoms. The molecule has 0 unspecified atom stereocenters. The smallest absolute Gasteiger partial charge is 0.328 e. The maximum atomic E-state index is 12.2. The molecule has 1 amide bonds. The summed E-state index contributed by atoms with van der Waals surface area (Å²) in [7, 11) is 1.38. The van der Waals surface area contributed by atoms with E-state index in [4.69, 9.17) is 4.74 Å². The lowest BCUT2D eigenvalue weighted by molar-refractivity contribution is -0.155. The molecular formula is C13H21NO3. The van der Waals surface area contributed by atoms with E-state index in [9.17, 15) is 9.59 Å². The summed E-state index contributed by atoms with van der Waals surface area (Å²) in [5.74, 6) is 0.395. The van der Waals surface area contributed by atoms with Crippen LogP contribution in [0.4, 0.5) is 0 Å². The number of ether oxygens (including phenoxy) is 1. The van der Waals surface area contributed by atoms with Gasteiger partial charge in [0.2, 0.25) is 5.91 Å². The summed E-state index contributed by atoms with van der Waals surface area (Å²) in [4.78, 5) is 25.6. The van der Waals surface area contributed by atoms with Gasteiger partial charge in [-0.2, -0.15) is 0 Å². The molecule has 0 heterocycles. The number of nitrogens with zero attached hydrogens (tertiary/aromatic N) is 1. The Labute approximate surface area is 102 Å². The van der Waals surface area contributed by atoms with Crippen LogP contribution < -0.4 is 0 Å². The third-order valence-corrected chi connectivity index (χ3v) is 3.88. The van der Waals surface area contributed by atoms with E-state index >= 15 is 0 Å². The fourth-order valence-corrected chi connectivity index (χ4v) is 2.36. The Hall–Kier alpha value is -1.06. The largest absolute Gasteiger partial charge is 0.467 e. The number of hydrogen-bond donors (Lipinski definition) is 0. The fourth-order valence-electron chi connectivity index (χ4n) is 2.36. The van der Waals surface area contributed by atoms with Crippen molar-refractivity contribution in [1.82, 2.24) is 4.90 Å². The van der Waals surface area contributed by atoms with Crippen LogP contribution in [-0.2, 0) is 14.3 Å². The summed E-state index contributed by atoms with van der Waals surface area (Å²) in [5.41, 5.74) is 0. The number of amides is 1. The fraction of sp³-hybridized carbons (Fsp3) is 0.846. The van der Waals surface area contributed by atoms with Gasteiger partial charge in [0.1, 0.15) is 6.04 Å². The van der Waals surface area contributed by atoms with Gasteiger partial charge in [-0.1, -0.05) is 0 Å². The van der Waals surface area contributed by atoms with E-state index in [0.717, 1.165) is 32.1 Å². The second-order valence-electron chi connectivity index (χ2n) is 5.23. The highest BCUT2D eigenvalue weighted by atomic mass is 16.5. The van der Waals surface area contributed by atoms with Gasteiger partial charge in [0.05, 0.1) is 7.11 Å². The number of rotatable bonds is 5. The van der Waals surface area contributed by atoms with Gasteiger partial charge < -0.3 is 9.64 Å². The Morgan fingerprint density at radius 1 is 1.29 bits per heavy atom. The van der Waals surface area contributed by atoms with E-state index < -0.39 is 6.04 Å². The zero-order chi connectivity index (χ0) is 12.4. The van der Waals surface area contributed by atoms with Gasteiger partial charge in [-0.15, -0.1) is 0 Å². The average molecular weight is 239 g/mol. The Balaban J connectivity index is 2.00. The van der Waals surface area contributed by atoms with Crippen LogP contribution in [0.15, 0.2) is 0 Å². The zero-order valence-electron chi connectivity index (χ0n) is 10.6. The molecule has 0 aromatic rings. The first-order valence-electron chi connectivity index (χ1n) is 6.52. The van der Waals surface area contributed by atoms with E-state index in [1.165, 1.54) is 7.11 Å². The summed E-state index contributed by atoms with van der Waals surface area (Å²) < 4.78 is 4.75. The topological polar surface area (TPSA) is 46.6 Å². The molecule has 4 nitrogen and oxygen atoms in total. The molecule has 17 heavy (non-hydrogen) atoms. The molecule has 0 spiro atoms. The van der Waals surface area contributed by atoms with Gasteiger partial charge in [-0.25, -0.2) is 4.79 Å². The highest BCUT2D eigenvalue weighted by Gasteiger charge is 2.37. The SMILES string of the molecule is COC(=O)[C@@H](C)N(C(=O)CC1CC1)C1CCC1. The molecule has 2 fully saturated rings. The first-order chi connectivity index (χ1) is 8.13. The van der Waals surface area contributed by atoms with Gasteiger partial charge in [0, 0.05) is 12.5 Å². The van der Waals surface area contributed by atoms with Crippen LogP contribution in [0, 0.1) is 5.92 Å². The van der Waals surface area contributed by atoms with E-state index in [1.54, 1.807) is 11.8 Å². The Morgan fingerprint density at radius 2 is 1.94 bits per heavy atom. The Bertz CT molecular complexity index is 308. The van der Waals surface area contributed by atoms with Crippen LogP contribution in [0.3, 0.4) is 0 Å². The van der Waals surface area contributed by atoms with E-state index in [0.29, 0.717) is 12.3 Å². The minimum atomic E-state index is -0.434. The third-order valence-electron chi connectivity index (χ3n) is 3.88. The maximum absolute atomic E-state index is 12.2. The Kier molecular flexibility index (Phi) is 3.69. The lowest BCUT2D eigenvalue weighted by atomic mass is 9.90. The van der Waals surface area contributed by atoms with Crippen molar-refractivity contribution in [3.8, 4) is 0 Å². The minimum absolute atomic E-state index is 0.134. The highest BCUT2D eigenvalue weighted by Crippen LogP contribution is 2.35. The van der Waals surface area contributed by atoms with Gasteiger partial charge in [0.15, 0.2) is 0 Å². The monoisotopic (exact) mass is 239 g/mol. The van der Waals surface area contributed by atoms with Crippen molar-refractivity contribution in [2.45, 2.75) is 57.5 Å². The van der Waals surface area contributed by atoms with Crippen molar-refractivity contribution < 1.29 is 14.3 Å². The quantitative estimate of drug-likeness (QED) is 0.686. The van der Waals surface area contributed by atoms with Crippen LogP contribution in [-0.4, -0.2) is 36.0 Å². The molecule has 0 bridgehead atoms. The summed E-state index contributed by atoms with van der Waals surface area (Å²) in [5, 5.41) is 0. The van der Waals surface area contributed by atoms with Crippen molar-refractivity contribution in [1.29, 1.82) is 0 Å². The molecule has 0 aliphatic heterocycles. The van der Waals surface area contributed by atoms with Gasteiger partial charge in [-0.3, -0.25) is 4.79 Å². The first-order valence-corrected chi connectivity index (χ1v) is 6.52. The van der Waals surface area contributed by atoms with E-state index in [-0.39, 0.29) is 17.9 Å². The molecule has 0 aromatic heterocycles. The second-order valence-corrected chi connectivity index (χ2v) is 5.23. The lowest BCUT2D eigenvalue weighted by Gasteiger charge is -2.40. The van der Waals surface area contributed by atoms with Gasteiger partial charge >= 0.3 is 5.97 Å². The molecule has 2 aliphatic carbocycles. The standard InChI is InChI=1S/C13H21NO3/c1-9(13(16)17-2)14(11-4-3-5-11)12(15)8-10-6-7-10/h9-11H,3-8H2,1-2H3/t9-/m1/s1. The van der Waals surface area contributed by atoms with Crippen LogP contribution in [0.25, 0.3) is 0 Å². The average Bonchev–Trinajstić information content (AvgIpc) is 3.04. The summed E-state index contributed by atoms with van der Waals surface area (Å²) in [6, 6.07) is -0.174. The Morgan fingerprint density at radius 3 is 2.35 bits per heavy atom. The second kappa shape index (κ2) is 5.07. The molecule has 96 valence electrons. The predicted octanol–water partition coefficient (Wildman–Crippen LogP) is 1.73. The number of esters is 1. The van der Waals surface area contributed by atoms with E-state index in [2.05, 4.69) is 0 Å². The summed E-state index contributed by atoms with van der Waals surface area (Å²) in [6.45, 7) is 1.77. The molecule has 0 aromatic carbocycles. The number of hydrogen-bond acceptors (Lipinski definition) is 3. The summed E-state index contributed by atoms with van der Waals surface area (Å²) >= 11 is 0. The molecule has 0 radical (unpaired) electrons. The van der Waals surface area contributed by atoms with Crippen LogP contribution in [0.1, 0.15) is 45.4 Å². The van der Waals surface area contributed by atoms with Crippen molar-refractivity contribution >= 4 is 11.9 Å². The van der Waals surface area contributed by atoms with Crippen LogP contribution >= 0.6 is 0 Å². The molecule has 2 saturated carbocycles. The lowest BCUT2D eigenvalue weighted by Crippen LogP contribution is -2.52. The first kappa shape index (κ1) is 12.4. The maximum Gasteiger partial charge on any atom is 0.328 e. The molecule has 1 atom stereocenters. The predicted molar refractivity (Wildman–Crippen MR) is 63.3 cm³/mol. The minimum Gasteiger partial charge on any atom is -0.467 e. The molecule has 0 N–H and O–H groups in total. The number of methoxy groups -OCH3 is 1. The van der Waals surface area contributed by atoms with Crippen molar-refractivity contribution in [2.75, 3.05) is 7.11 Å². The van der Waals surface area contributed by atoms with E-state index in [1.807, 2.05) is 0 Å². The molecule has 0 saturated heterocycles. The molecular weight excluding hydrogens is 218 g/mol. The van der Waals surface area contributed by atoms with Crippen LogP contribution in [0.5, 0.6) is 0 Å². The number of carbonyl (C=O) groups is 2. The summed E-state index contributed by atoms with van der Waals surface area (Å²) in [6.07, 6.45) is 6.15. The normalized spacial score (nSPS) is 21.5. The van der Waals surface area contributed by atoms with Gasteiger partial charge in [-0.05, 0) is 44.9 Å². The third kappa shape index (κ3) is 2.79. The zero-order valence-corrected chi connectivity index (χ0v) is 10.6. The van der Waals surface area contributed by atoms with Crippen molar-refractivity contribution in [3.63, 3.8) is 0 Å². The van der Waals surface area contributed by atoms with Crippen molar-refractivity contribution in [2.24, 2.45) is 5.92 Å². The molecule has 2 aliphatic rings. The number of carbonyl (C=O) groups excluding carboxylic acids is 2. The van der Waals surface area contributed by atoms with Gasteiger partial charge in [0.25, 0.3) is 0 Å². The van der Waals surface area contributed by atoms with Crippen molar-refractivity contribution in [3.05, 3.63) is 0 Å².